The highest BCUT2D eigenvalue weighted by molar-refractivity contribution is 5.84. The van der Waals surface area contributed by atoms with E-state index in [9.17, 15) is 22.8 Å². The summed E-state index contributed by atoms with van der Waals surface area (Å²) >= 11 is 0. The first-order chi connectivity index (χ1) is 11.9. The Balaban J connectivity index is 2.10. The Morgan fingerprint density at radius 1 is 1.48 bits per heavy atom. The molecule has 25 heavy (non-hydrogen) atoms. The Morgan fingerprint density at radius 2 is 2.16 bits per heavy atom. The van der Waals surface area contributed by atoms with E-state index in [1.54, 1.807) is 20.8 Å². The number of anilines is 1. The van der Waals surface area contributed by atoms with Crippen LogP contribution >= 0.6 is 0 Å². The monoisotopic (exact) mass is 360 g/mol. The molecule has 1 unspecified atom stereocenters. The van der Waals surface area contributed by atoms with Crippen LogP contribution in [0.4, 0.5) is 23.8 Å². The van der Waals surface area contributed by atoms with E-state index in [4.69, 9.17) is 6.11 Å². The maximum absolute atomic E-state index is 12.8. The van der Waals surface area contributed by atoms with Crippen LogP contribution in [0.15, 0.2) is 18.3 Å². The molecule has 1 aliphatic heterocycles. The minimum Gasteiger partial charge on any atom is -0.444 e. The molecule has 6 nitrogen and oxygen atoms in total. The minimum absolute atomic E-state index is 0.0831. The van der Waals surface area contributed by atoms with Gasteiger partial charge in [-0.15, -0.1) is 0 Å². The van der Waals surface area contributed by atoms with Gasteiger partial charge in [0.15, 0.2) is 0 Å². The molecule has 2 heterocycles. The molecule has 2 N–H and O–H groups in total. The second-order valence-corrected chi connectivity index (χ2v) is 6.71. The van der Waals surface area contributed by atoms with Gasteiger partial charge in [-0.3, -0.25) is 10.1 Å². The van der Waals surface area contributed by atoms with Crippen LogP contribution in [0.1, 0.15) is 34.1 Å². The molecule has 2 amide bonds. The SMILES string of the molecule is [2H]C(c1ccnc(NC(=O)OC(C)(C)C)c1)[C@@H]1C[C@@H](C(F)(F)F)NC1=O. The van der Waals surface area contributed by atoms with Crippen LogP contribution in [0.5, 0.6) is 0 Å². The zero-order valence-corrected chi connectivity index (χ0v) is 14.0. The van der Waals surface area contributed by atoms with E-state index in [0.717, 1.165) is 0 Å². The number of nitrogens with one attached hydrogen (secondary N) is 2. The molecule has 2 rings (SSSR count). The summed E-state index contributed by atoms with van der Waals surface area (Å²) in [5.41, 5.74) is -0.442. The lowest BCUT2D eigenvalue weighted by Crippen LogP contribution is -2.38. The van der Waals surface area contributed by atoms with Crippen molar-refractivity contribution in [2.24, 2.45) is 5.92 Å². The van der Waals surface area contributed by atoms with E-state index < -0.39 is 48.6 Å². The maximum atomic E-state index is 12.8. The molecule has 0 saturated carbocycles. The highest BCUT2D eigenvalue weighted by atomic mass is 19.4. The maximum Gasteiger partial charge on any atom is 0.413 e. The fourth-order valence-electron chi connectivity index (χ4n) is 2.32. The Kier molecular flexibility index (Phi) is 4.82. The number of aromatic nitrogens is 1. The molecule has 1 aromatic heterocycles. The minimum atomic E-state index is -4.55. The summed E-state index contributed by atoms with van der Waals surface area (Å²) in [5, 5.41) is 4.27. The number of amides is 2. The zero-order chi connectivity index (χ0) is 19.7. The Hall–Kier alpha value is -2.32. The molecule has 138 valence electrons. The van der Waals surface area contributed by atoms with E-state index in [-0.39, 0.29) is 11.4 Å². The van der Waals surface area contributed by atoms with Crippen molar-refractivity contribution in [3.05, 3.63) is 23.9 Å². The third-order valence-electron chi connectivity index (χ3n) is 3.34. The normalized spacial score (nSPS) is 22.8. The number of alkyl halides is 3. The zero-order valence-electron chi connectivity index (χ0n) is 15.0. The van der Waals surface area contributed by atoms with Gasteiger partial charge in [0.1, 0.15) is 17.5 Å². The van der Waals surface area contributed by atoms with Crippen molar-refractivity contribution < 1.29 is 28.9 Å². The number of carbonyl (C=O) groups is 2. The van der Waals surface area contributed by atoms with Crippen molar-refractivity contribution in [3.63, 3.8) is 0 Å². The van der Waals surface area contributed by atoms with Crippen molar-refractivity contribution in [2.75, 3.05) is 5.32 Å². The first kappa shape index (κ1) is 17.5. The van der Waals surface area contributed by atoms with Crippen molar-refractivity contribution in [1.82, 2.24) is 10.3 Å². The van der Waals surface area contributed by atoms with Crippen LogP contribution in [0.25, 0.3) is 0 Å². The van der Waals surface area contributed by atoms with Gasteiger partial charge in [-0.2, -0.15) is 13.2 Å². The molecule has 0 aromatic carbocycles. The van der Waals surface area contributed by atoms with Crippen molar-refractivity contribution in [3.8, 4) is 0 Å². The number of ether oxygens (including phenoxy) is 1. The fraction of sp³-hybridized carbons (Fsp3) is 0.562. The molecule has 9 heteroatoms. The van der Waals surface area contributed by atoms with E-state index in [2.05, 4.69) is 10.3 Å². The number of halogens is 3. The Bertz CT molecular complexity index is 691. The molecule has 0 bridgehead atoms. The number of pyridine rings is 1. The average molecular weight is 360 g/mol. The predicted molar refractivity (Wildman–Crippen MR) is 83.9 cm³/mol. The van der Waals surface area contributed by atoms with E-state index >= 15 is 0 Å². The lowest BCUT2D eigenvalue weighted by atomic mass is 9.96. The number of rotatable bonds is 3. The van der Waals surface area contributed by atoms with Crippen LogP contribution in [0.3, 0.4) is 0 Å². The number of hydrogen-bond donors (Lipinski definition) is 2. The summed E-state index contributed by atoms with van der Waals surface area (Å²) < 4.78 is 51.5. The van der Waals surface area contributed by atoms with Crippen LogP contribution in [0.2, 0.25) is 0 Å². The number of carbonyl (C=O) groups excluding carboxylic acids is 2. The summed E-state index contributed by atoms with van der Waals surface area (Å²) in [6.07, 6.45) is -5.72. The van der Waals surface area contributed by atoms with E-state index in [1.807, 2.05) is 5.32 Å². The molecule has 1 fully saturated rings. The Morgan fingerprint density at radius 3 is 2.72 bits per heavy atom. The van der Waals surface area contributed by atoms with Crippen LogP contribution in [0, 0.1) is 5.92 Å². The van der Waals surface area contributed by atoms with Crippen LogP contribution < -0.4 is 10.6 Å². The summed E-state index contributed by atoms with van der Waals surface area (Å²) in [6.45, 7) is 5.06. The molecule has 3 atom stereocenters. The Labute approximate surface area is 144 Å². The average Bonchev–Trinajstić information content (AvgIpc) is 2.86. The van der Waals surface area contributed by atoms with Gasteiger partial charge in [0, 0.05) is 13.5 Å². The topological polar surface area (TPSA) is 80.3 Å². The van der Waals surface area contributed by atoms with Gasteiger partial charge < -0.3 is 10.1 Å². The van der Waals surface area contributed by atoms with Gasteiger partial charge in [-0.1, -0.05) is 0 Å². The highest BCUT2D eigenvalue weighted by Crippen LogP contribution is 2.31. The third kappa shape index (κ3) is 5.61. The summed E-state index contributed by atoms with van der Waals surface area (Å²) in [7, 11) is 0. The quantitative estimate of drug-likeness (QED) is 0.868. The summed E-state index contributed by atoms with van der Waals surface area (Å²) in [6, 6.07) is 0.816. The summed E-state index contributed by atoms with van der Waals surface area (Å²) in [5.74, 6) is -1.87. The standard InChI is InChI=1S/C16H20F3N3O3/c1-15(2,3)25-14(24)22-12-7-9(4-5-20-12)6-10-8-11(16(17,18)19)21-13(10)23/h4-5,7,10-11H,6,8H2,1-3H3,(H,21,23)(H,20,22,24)/t10-,11+/m1/s1/i6D/t6?,10-,11+. The number of hydrogen-bond acceptors (Lipinski definition) is 4. The van der Waals surface area contributed by atoms with Crippen molar-refractivity contribution in [2.45, 2.75) is 51.4 Å². The molecule has 0 radical (unpaired) electrons. The number of nitrogens with zero attached hydrogens (tertiary/aromatic N) is 1. The van der Waals surface area contributed by atoms with Crippen molar-refractivity contribution >= 4 is 17.8 Å². The molecule has 1 aromatic rings. The van der Waals surface area contributed by atoms with Gasteiger partial charge in [0.25, 0.3) is 0 Å². The first-order valence-corrected chi connectivity index (χ1v) is 7.62. The smallest absolute Gasteiger partial charge is 0.413 e. The second-order valence-electron chi connectivity index (χ2n) is 6.71. The lowest BCUT2D eigenvalue weighted by Gasteiger charge is -2.19. The van der Waals surface area contributed by atoms with Gasteiger partial charge >= 0.3 is 12.3 Å². The molecular weight excluding hydrogens is 339 g/mol. The molecular formula is C16H20F3N3O3. The lowest BCUT2D eigenvalue weighted by molar-refractivity contribution is -0.154. The first-order valence-electron chi connectivity index (χ1n) is 8.20. The highest BCUT2D eigenvalue weighted by Gasteiger charge is 2.47. The molecule has 0 spiro atoms. The van der Waals surface area contributed by atoms with Gasteiger partial charge in [-0.05, 0) is 51.3 Å². The largest absolute Gasteiger partial charge is 0.444 e. The van der Waals surface area contributed by atoms with Gasteiger partial charge in [0.2, 0.25) is 5.91 Å². The molecule has 1 aliphatic rings. The third-order valence-corrected chi connectivity index (χ3v) is 3.34. The summed E-state index contributed by atoms with van der Waals surface area (Å²) in [4.78, 5) is 27.5. The van der Waals surface area contributed by atoms with Crippen LogP contribution in [-0.4, -0.2) is 34.8 Å². The van der Waals surface area contributed by atoms with Gasteiger partial charge in [-0.25, -0.2) is 9.78 Å². The van der Waals surface area contributed by atoms with E-state index in [0.29, 0.717) is 0 Å². The fourth-order valence-corrected chi connectivity index (χ4v) is 2.32. The predicted octanol–water partition coefficient (Wildman–Crippen LogP) is 3.04. The van der Waals surface area contributed by atoms with E-state index in [1.165, 1.54) is 18.3 Å². The molecule has 0 aliphatic carbocycles. The van der Waals surface area contributed by atoms with Crippen molar-refractivity contribution in [1.29, 1.82) is 0 Å². The second kappa shape index (κ2) is 6.89. The molecule has 1 saturated heterocycles. The van der Waals surface area contributed by atoms with Gasteiger partial charge in [0.05, 0.1) is 0 Å². The van der Waals surface area contributed by atoms with Crippen LogP contribution in [-0.2, 0) is 15.9 Å².